The Hall–Kier alpha value is -1.53. The Balaban J connectivity index is 1.45. The van der Waals surface area contributed by atoms with Crippen LogP contribution in [0.2, 0.25) is 0 Å². The van der Waals surface area contributed by atoms with Gasteiger partial charge in [0.05, 0.1) is 0 Å². The van der Waals surface area contributed by atoms with Gasteiger partial charge in [-0.3, -0.25) is 9.88 Å². The van der Waals surface area contributed by atoms with E-state index < -0.39 is 0 Å². The summed E-state index contributed by atoms with van der Waals surface area (Å²) in [6, 6.07) is 5.33. The summed E-state index contributed by atoms with van der Waals surface area (Å²) in [7, 11) is 0. The van der Waals surface area contributed by atoms with E-state index in [1.807, 2.05) is 18.6 Å². The highest BCUT2D eigenvalue weighted by atomic mass is 79.9. The van der Waals surface area contributed by atoms with E-state index in [1.54, 1.807) is 0 Å². The number of hydrogen-bond donors (Lipinski definition) is 0. The van der Waals surface area contributed by atoms with Crippen LogP contribution in [-0.4, -0.2) is 45.0 Å². The van der Waals surface area contributed by atoms with E-state index in [9.17, 15) is 0 Å². The number of anilines is 1. The topological polar surface area (TPSA) is 45.2 Å². The minimum Gasteiger partial charge on any atom is -0.348 e. The van der Waals surface area contributed by atoms with E-state index >= 15 is 0 Å². The third kappa shape index (κ3) is 3.42. The number of rotatable bonds is 3. The first-order valence-electron chi connectivity index (χ1n) is 8.84. The average Bonchev–Trinajstić information content (AvgIpc) is 2.54. The van der Waals surface area contributed by atoms with Crippen molar-refractivity contribution < 1.29 is 0 Å². The van der Waals surface area contributed by atoms with Gasteiger partial charge in [-0.15, -0.1) is 0 Å². The smallest absolute Gasteiger partial charge is 0.135 e. The average molecular weight is 402 g/mol. The monoisotopic (exact) mass is 401 g/mol. The first-order chi connectivity index (χ1) is 11.9. The Morgan fingerprint density at radius 1 is 1.20 bits per heavy atom. The molecule has 2 atom stereocenters. The Labute approximate surface area is 157 Å². The zero-order chi connectivity index (χ0) is 17.6. The fourth-order valence-corrected chi connectivity index (χ4v) is 4.27. The van der Waals surface area contributed by atoms with Gasteiger partial charge in [0, 0.05) is 60.2 Å². The molecular formula is C19H24BrN5. The summed E-state index contributed by atoms with van der Waals surface area (Å²) in [6.07, 6.45) is 6.97. The molecule has 0 saturated carbocycles. The number of aromatic nitrogens is 3. The number of piperazine rings is 1. The summed E-state index contributed by atoms with van der Waals surface area (Å²) < 4.78 is 1.05. The Kier molecular flexibility index (Phi) is 4.28. The second kappa shape index (κ2) is 6.32. The van der Waals surface area contributed by atoms with Crippen LogP contribution < -0.4 is 4.90 Å². The molecule has 3 saturated heterocycles. The maximum atomic E-state index is 4.85. The largest absolute Gasteiger partial charge is 0.348 e. The molecule has 6 heteroatoms. The van der Waals surface area contributed by atoms with Gasteiger partial charge in [-0.2, -0.15) is 0 Å². The normalized spacial score (nSPS) is 23.4. The van der Waals surface area contributed by atoms with Crippen LogP contribution in [0, 0.1) is 0 Å². The molecule has 0 N–H and O–H groups in total. The van der Waals surface area contributed by atoms with Crippen molar-refractivity contribution in [3.63, 3.8) is 0 Å². The molecule has 2 unspecified atom stereocenters. The van der Waals surface area contributed by atoms with Crippen molar-refractivity contribution in [3.05, 3.63) is 46.6 Å². The molecule has 3 aliphatic heterocycles. The quantitative estimate of drug-likeness (QED) is 0.788. The summed E-state index contributed by atoms with van der Waals surface area (Å²) in [4.78, 5) is 18.6. The van der Waals surface area contributed by atoms with Gasteiger partial charge < -0.3 is 4.90 Å². The summed E-state index contributed by atoms with van der Waals surface area (Å²) >= 11 is 3.51. The Morgan fingerprint density at radius 3 is 2.64 bits per heavy atom. The van der Waals surface area contributed by atoms with Gasteiger partial charge in [-0.05, 0) is 40.0 Å². The molecule has 2 bridgehead atoms. The van der Waals surface area contributed by atoms with Gasteiger partial charge in [0.2, 0.25) is 0 Å². The van der Waals surface area contributed by atoms with Crippen molar-refractivity contribution in [2.24, 2.45) is 0 Å². The van der Waals surface area contributed by atoms with Crippen LogP contribution in [0.25, 0.3) is 0 Å². The first kappa shape index (κ1) is 16.9. The molecule has 2 aromatic rings. The number of piperidine rings is 1. The maximum Gasteiger partial charge on any atom is 0.135 e. The molecule has 5 nitrogen and oxygen atoms in total. The number of halogens is 1. The fourth-order valence-electron chi connectivity index (χ4n) is 3.86. The van der Waals surface area contributed by atoms with Crippen molar-refractivity contribution >= 4 is 21.7 Å². The van der Waals surface area contributed by atoms with Gasteiger partial charge >= 0.3 is 0 Å². The van der Waals surface area contributed by atoms with Crippen LogP contribution in [0.3, 0.4) is 0 Å². The highest BCUT2D eigenvalue weighted by molar-refractivity contribution is 9.10. The maximum absolute atomic E-state index is 4.85. The van der Waals surface area contributed by atoms with Gasteiger partial charge in [0.15, 0.2) is 0 Å². The van der Waals surface area contributed by atoms with Crippen molar-refractivity contribution in [2.75, 3.05) is 18.0 Å². The molecule has 2 aromatic heterocycles. The van der Waals surface area contributed by atoms with E-state index in [1.165, 1.54) is 12.0 Å². The van der Waals surface area contributed by atoms with Crippen molar-refractivity contribution in [3.8, 4) is 0 Å². The van der Waals surface area contributed by atoms with E-state index in [0.717, 1.165) is 35.7 Å². The standard InChI is InChI=1S/C19H24BrN5/c1-19(2,3)18-22-5-4-17(23-18)25-15-7-16(25)12-24(11-15)10-13-6-14(20)9-21-8-13/h4-6,8-9,15-16H,7,10-12H2,1-3H3. The SMILES string of the molecule is CC(C)(C)c1nccc(N2C3CC2CN(Cc2cncc(Br)c2)C3)n1. The third-order valence-corrected chi connectivity index (χ3v) is 5.45. The van der Waals surface area contributed by atoms with Crippen molar-refractivity contribution in [2.45, 2.75) is 51.2 Å². The molecule has 3 aliphatic rings. The fraction of sp³-hybridized carbons (Fsp3) is 0.526. The van der Waals surface area contributed by atoms with Crippen molar-refractivity contribution in [1.82, 2.24) is 19.9 Å². The summed E-state index contributed by atoms with van der Waals surface area (Å²) in [5.41, 5.74) is 1.25. The van der Waals surface area contributed by atoms with Gasteiger partial charge in [-0.1, -0.05) is 20.8 Å². The third-order valence-electron chi connectivity index (χ3n) is 5.01. The van der Waals surface area contributed by atoms with E-state index in [0.29, 0.717) is 12.1 Å². The molecule has 0 aromatic carbocycles. The molecule has 5 heterocycles. The van der Waals surface area contributed by atoms with Gasteiger partial charge in [0.25, 0.3) is 0 Å². The van der Waals surface area contributed by atoms with E-state index in [2.05, 4.69) is 68.6 Å². The molecule has 5 rings (SSSR count). The molecule has 25 heavy (non-hydrogen) atoms. The lowest BCUT2D eigenvalue weighted by molar-refractivity contribution is 0.107. The molecule has 0 amide bonds. The lowest BCUT2D eigenvalue weighted by atomic mass is 9.87. The van der Waals surface area contributed by atoms with E-state index in [-0.39, 0.29) is 5.41 Å². The zero-order valence-corrected chi connectivity index (χ0v) is 16.6. The van der Waals surface area contributed by atoms with Crippen LogP contribution in [0.15, 0.2) is 35.2 Å². The zero-order valence-electron chi connectivity index (χ0n) is 15.0. The molecule has 0 spiro atoms. The molecule has 3 fully saturated rings. The molecule has 0 aliphatic carbocycles. The van der Waals surface area contributed by atoms with Crippen LogP contribution in [0.5, 0.6) is 0 Å². The van der Waals surface area contributed by atoms with Gasteiger partial charge in [-0.25, -0.2) is 9.97 Å². The van der Waals surface area contributed by atoms with Crippen LogP contribution in [0.1, 0.15) is 38.6 Å². The van der Waals surface area contributed by atoms with Crippen LogP contribution in [-0.2, 0) is 12.0 Å². The minimum absolute atomic E-state index is 0.0181. The summed E-state index contributed by atoms with van der Waals surface area (Å²) in [5, 5.41) is 0. The lowest BCUT2D eigenvalue weighted by Gasteiger charge is -2.57. The number of nitrogens with zero attached hydrogens (tertiary/aromatic N) is 5. The summed E-state index contributed by atoms with van der Waals surface area (Å²) in [5.74, 6) is 2.01. The van der Waals surface area contributed by atoms with Crippen LogP contribution in [0.4, 0.5) is 5.82 Å². The highest BCUT2D eigenvalue weighted by Crippen LogP contribution is 2.37. The Morgan fingerprint density at radius 2 is 1.96 bits per heavy atom. The lowest BCUT2D eigenvalue weighted by Crippen LogP contribution is -2.69. The predicted octanol–water partition coefficient (Wildman–Crippen LogP) is 3.39. The number of pyridine rings is 1. The highest BCUT2D eigenvalue weighted by Gasteiger charge is 2.45. The van der Waals surface area contributed by atoms with Gasteiger partial charge in [0.1, 0.15) is 11.6 Å². The second-order valence-corrected chi connectivity index (χ2v) is 9.06. The predicted molar refractivity (Wildman–Crippen MR) is 103 cm³/mol. The first-order valence-corrected chi connectivity index (χ1v) is 9.63. The van der Waals surface area contributed by atoms with Crippen molar-refractivity contribution in [1.29, 1.82) is 0 Å². The van der Waals surface area contributed by atoms with E-state index in [4.69, 9.17) is 4.98 Å². The number of fused-ring (bicyclic) bond motifs is 2. The molecular weight excluding hydrogens is 378 g/mol. The Bertz CT molecular complexity index is 760. The van der Waals surface area contributed by atoms with Crippen LogP contribution >= 0.6 is 15.9 Å². The number of hydrogen-bond acceptors (Lipinski definition) is 5. The molecule has 132 valence electrons. The minimum atomic E-state index is -0.0181. The second-order valence-electron chi connectivity index (χ2n) is 8.14. The summed E-state index contributed by atoms with van der Waals surface area (Å²) in [6.45, 7) is 9.62. The molecule has 0 radical (unpaired) electrons.